The molecule has 0 aliphatic heterocycles. The molecule has 0 aliphatic rings. The summed E-state index contributed by atoms with van der Waals surface area (Å²) in [5.41, 5.74) is 0.582. The van der Waals surface area contributed by atoms with Crippen LogP contribution < -0.4 is 0 Å². The molecule has 0 N–H and O–H groups in total. The van der Waals surface area contributed by atoms with Gasteiger partial charge >= 0.3 is 0 Å². The largest absolute Gasteiger partial charge is 0.206 e. The summed E-state index contributed by atoms with van der Waals surface area (Å²) >= 11 is 0. The Morgan fingerprint density at radius 1 is 1.08 bits per heavy atom. The fourth-order valence-electron chi connectivity index (χ4n) is 1.48. The number of halogens is 1. The molecule has 0 unspecified atom stereocenters. The Hall–Kier alpha value is -1.63. The van der Waals surface area contributed by atoms with Crippen molar-refractivity contribution in [2.75, 3.05) is 0 Å². The van der Waals surface area contributed by atoms with E-state index >= 15 is 0 Å². The number of benzene rings is 2. The van der Waals surface area contributed by atoms with Crippen LogP contribution in [-0.2, 0) is 0 Å². The SMILES string of the molecule is C=Cc1c(F)ccc2ccccc12. The normalized spacial score (nSPS) is 10.2. The molecule has 0 spiro atoms. The van der Waals surface area contributed by atoms with Gasteiger partial charge in [0.25, 0.3) is 0 Å². The molecule has 0 heterocycles. The molecular formula is C12H9F. The summed E-state index contributed by atoms with van der Waals surface area (Å²) in [6, 6.07) is 10.9. The van der Waals surface area contributed by atoms with E-state index in [-0.39, 0.29) is 5.82 Å². The van der Waals surface area contributed by atoms with Crippen molar-refractivity contribution in [3.63, 3.8) is 0 Å². The fraction of sp³-hybridized carbons (Fsp3) is 0. The van der Waals surface area contributed by atoms with E-state index in [9.17, 15) is 4.39 Å². The van der Waals surface area contributed by atoms with Crippen LogP contribution >= 0.6 is 0 Å². The predicted molar refractivity (Wildman–Crippen MR) is 54.0 cm³/mol. The topological polar surface area (TPSA) is 0 Å². The van der Waals surface area contributed by atoms with Gasteiger partial charge in [0, 0.05) is 5.56 Å². The minimum absolute atomic E-state index is 0.214. The first-order valence-corrected chi connectivity index (χ1v) is 4.12. The van der Waals surface area contributed by atoms with Gasteiger partial charge in [0.15, 0.2) is 0 Å². The van der Waals surface area contributed by atoms with Crippen molar-refractivity contribution in [1.29, 1.82) is 0 Å². The molecule has 2 rings (SSSR count). The highest BCUT2D eigenvalue weighted by atomic mass is 19.1. The molecule has 0 aromatic heterocycles. The van der Waals surface area contributed by atoms with Gasteiger partial charge in [-0.25, -0.2) is 4.39 Å². The van der Waals surface area contributed by atoms with Gasteiger partial charge in [0.2, 0.25) is 0 Å². The van der Waals surface area contributed by atoms with Gasteiger partial charge in [-0.2, -0.15) is 0 Å². The Morgan fingerprint density at radius 2 is 1.85 bits per heavy atom. The summed E-state index contributed by atoms with van der Waals surface area (Å²) in [5, 5.41) is 1.95. The van der Waals surface area contributed by atoms with Gasteiger partial charge in [-0.1, -0.05) is 43.0 Å². The first-order chi connectivity index (χ1) is 6.33. The monoisotopic (exact) mass is 172 g/mol. The van der Waals surface area contributed by atoms with E-state index in [1.54, 1.807) is 12.1 Å². The molecule has 1 heteroatoms. The first kappa shape index (κ1) is 7.99. The number of hydrogen-bond acceptors (Lipinski definition) is 0. The Bertz CT molecular complexity index is 458. The lowest BCUT2D eigenvalue weighted by Gasteiger charge is -2.02. The smallest absolute Gasteiger partial charge is 0.131 e. The maximum Gasteiger partial charge on any atom is 0.131 e. The lowest BCUT2D eigenvalue weighted by atomic mass is 10.0. The lowest BCUT2D eigenvalue weighted by Crippen LogP contribution is -1.83. The van der Waals surface area contributed by atoms with E-state index in [0.29, 0.717) is 5.56 Å². The summed E-state index contributed by atoms with van der Waals surface area (Å²) in [4.78, 5) is 0. The zero-order valence-corrected chi connectivity index (χ0v) is 7.13. The molecule has 0 bridgehead atoms. The lowest BCUT2D eigenvalue weighted by molar-refractivity contribution is 0.627. The first-order valence-electron chi connectivity index (χ1n) is 4.12. The Kier molecular flexibility index (Phi) is 1.85. The van der Waals surface area contributed by atoms with E-state index in [0.717, 1.165) is 10.8 Å². The second-order valence-electron chi connectivity index (χ2n) is 2.89. The van der Waals surface area contributed by atoms with Crippen LogP contribution in [0.2, 0.25) is 0 Å². The van der Waals surface area contributed by atoms with E-state index < -0.39 is 0 Å². The molecule has 0 radical (unpaired) electrons. The predicted octanol–water partition coefficient (Wildman–Crippen LogP) is 3.62. The third kappa shape index (κ3) is 1.22. The van der Waals surface area contributed by atoms with Gasteiger partial charge in [0.05, 0.1) is 0 Å². The highest BCUT2D eigenvalue weighted by Crippen LogP contribution is 2.21. The summed E-state index contributed by atoms with van der Waals surface area (Å²) < 4.78 is 13.2. The molecular weight excluding hydrogens is 163 g/mol. The van der Waals surface area contributed by atoms with Gasteiger partial charge in [0.1, 0.15) is 5.82 Å². The summed E-state index contributed by atoms with van der Waals surface area (Å²) in [7, 11) is 0. The van der Waals surface area contributed by atoms with Crippen LogP contribution in [0.1, 0.15) is 5.56 Å². The average molecular weight is 172 g/mol. The molecule has 0 saturated carbocycles. The van der Waals surface area contributed by atoms with Crippen LogP contribution in [0, 0.1) is 5.82 Å². The van der Waals surface area contributed by atoms with Crippen LogP contribution in [0.25, 0.3) is 16.8 Å². The summed E-state index contributed by atoms with van der Waals surface area (Å²) in [6.07, 6.45) is 1.55. The van der Waals surface area contributed by atoms with E-state index in [4.69, 9.17) is 0 Å². The highest BCUT2D eigenvalue weighted by Gasteiger charge is 2.02. The quantitative estimate of drug-likeness (QED) is 0.616. The van der Waals surface area contributed by atoms with E-state index in [2.05, 4.69) is 6.58 Å². The molecule has 2 aromatic rings. The van der Waals surface area contributed by atoms with Gasteiger partial charge in [-0.15, -0.1) is 0 Å². The average Bonchev–Trinajstić information content (AvgIpc) is 2.18. The van der Waals surface area contributed by atoms with E-state index in [1.165, 1.54) is 6.07 Å². The molecule has 0 amide bonds. The molecule has 0 aliphatic carbocycles. The number of rotatable bonds is 1. The molecule has 0 nitrogen and oxygen atoms in total. The third-order valence-electron chi connectivity index (χ3n) is 2.12. The second-order valence-corrected chi connectivity index (χ2v) is 2.89. The van der Waals surface area contributed by atoms with Crippen molar-refractivity contribution in [1.82, 2.24) is 0 Å². The number of fused-ring (bicyclic) bond motifs is 1. The van der Waals surface area contributed by atoms with Crippen LogP contribution in [-0.4, -0.2) is 0 Å². The minimum Gasteiger partial charge on any atom is -0.206 e. The second kappa shape index (κ2) is 3.02. The highest BCUT2D eigenvalue weighted by molar-refractivity contribution is 5.90. The summed E-state index contributed by atoms with van der Waals surface area (Å²) in [5.74, 6) is -0.214. The van der Waals surface area contributed by atoms with Crippen LogP contribution in [0.15, 0.2) is 43.0 Å². The van der Waals surface area contributed by atoms with Crippen molar-refractivity contribution < 1.29 is 4.39 Å². The molecule has 64 valence electrons. The zero-order chi connectivity index (χ0) is 9.26. The molecule has 2 aromatic carbocycles. The Labute approximate surface area is 76.3 Å². The van der Waals surface area contributed by atoms with Gasteiger partial charge in [-0.3, -0.25) is 0 Å². The van der Waals surface area contributed by atoms with Crippen molar-refractivity contribution in [3.8, 4) is 0 Å². The van der Waals surface area contributed by atoms with E-state index in [1.807, 2.05) is 24.3 Å². The molecule has 13 heavy (non-hydrogen) atoms. The Morgan fingerprint density at radius 3 is 2.62 bits per heavy atom. The fourth-order valence-corrected chi connectivity index (χ4v) is 1.48. The minimum atomic E-state index is -0.214. The van der Waals surface area contributed by atoms with Crippen LogP contribution in [0.5, 0.6) is 0 Å². The van der Waals surface area contributed by atoms with Crippen LogP contribution in [0.3, 0.4) is 0 Å². The van der Waals surface area contributed by atoms with Gasteiger partial charge in [-0.05, 0) is 16.8 Å². The molecule has 0 atom stereocenters. The van der Waals surface area contributed by atoms with Crippen molar-refractivity contribution in [2.24, 2.45) is 0 Å². The number of hydrogen-bond donors (Lipinski definition) is 0. The third-order valence-corrected chi connectivity index (χ3v) is 2.12. The molecule has 0 saturated heterocycles. The Balaban J connectivity index is 2.91. The van der Waals surface area contributed by atoms with Crippen molar-refractivity contribution >= 4 is 16.8 Å². The van der Waals surface area contributed by atoms with Crippen molar-refractivity contribution in [2.45, 2.75) is 0 Å². The van der Waals surface area contributed by atoms with Gasteiger partial charge < -0.3 is 0 Å². The maximum absolute atomic E-state index is 13.2. The maximum atomic E-state index is 13.2. The van der Waals surface area contributed by atoms with Crippen LogP contribution in [0.4, 0.5) is 4.39 Å². The zero-order valence-electron chi connectivity index (χ0n) is 7.13. The standard InChI is InChI=1S/C12H9F/c1-2-10-11-6-4-3-5-9(11)7-8-12(10)13/h2-8H,1H2. The summed E-state index contributed by atoms with van der Waals surface area (Å²) in [6.45, 7) is 3.60. The van der Waals surface area contributed by atoms with Crippen molar-refractivity contribution in [3.05, 3.63) is 54.4 Å². The molecule has 0 fully saturated rings.